The van der Waals surface area contributed by atoms with Crippen molar-refractivity contribution in [3.63, 3.8) is 0 Å². The summed E-state index contributed by atoms with van der Waals surface area (Å²) in [6, 6.07) is -0.460. The average Bonchev–Trinajstić information content (AvgIpc) is 2.47. The van der Waals surface area contributed by atoms with Gasteiger partial charge in [0.25, 0.3) is 5.91 Å². The molecule has 1 heterocycles. The van der Waals surface area contributed by atoms with E-state index in [2.05, 4.69) is 19.2 Å². The molecule has 19 heavy (non-hydrogen) atoms. The van der Waals surface area contributed by atoms with Crippen LogP contribution in [-0.2, 0) is 9.59 Å². The van der Waals surface area contributed by atoms with Crippen LogP contribution >= 0.6 is 0 Å². The first-order valence-corrected chi connectivity index (χ1v) is 6.31. The molecule has 6 nitrogen and oxygen atoms in total. The molecular formula is C13H20N2O4. The number of likely N-dealkylation sites (tertiary alicyclic amines) is 1. The smallest absolute Gasteiger partial charge is 0.328 e. The summed E-state index contributed by atoms with van der Waals surface area (Å²) in [4.78, 5) is 35.0. The molecule has 0 atom stereocenters. The van der Waals surface area contributed by atoms with Gasteiger partial charge in [-0.15, -0.1) is 0 Å². The van der Waals surface area contributed by atoms with E-state index < -0.39 is 17.9 Å². The van der Waals surface area contributed by atoms with Crippen LogP contribution < -0.4 is 5.32 Å². The molecule has 1 fully saturated rings. The molecule has 6 heteroatoms. The van der Waals surface area contributed by atoms with Crippen molar-refractivity contribution in [2.45, 2.75) is 33.1 Å². The lowest BCUT2D eigenvalue weighted by Crippen LogP contribution is -2.43. The molecule has 1 rings (SSSR count). The van der Waals surface area contributed by atoms with Gasteiger partial charge in [0, 0.05) is 25.2 Å². The number of aliphatic carboxylic acids is 1. The minimum atomic E-state index is -1.22. The lowest BCUT2D eigenvalue weighted by atomic mass is 9.85. The van der Waals surface area contributed by atoms with Crippen LogP contribution in [0.15, 0.2) is 12.2 Å². The number of amides is 3. The summed E-state index contributed by atoms with van der Waals surface area (Å²) >= 11 is 0. The number of nitrogens with one attached hydrogen (secondary N) is 1. The highest BCUT2D eigenvalue weighted by atomic mass is 16.4. The predicted octanol–water partition coefficient (Wildman–Crippen LogP) is 1.38. The first-order valence-electron chi connectivity index (χ1n) is 6.31. The maximum Gasteiger partial charge on any atom is 0.328 e. The van der Waals surface area contributed by atoms with E-state index in [0.717, 1.165) is 25.3 Å². The Morgan fingerprint density at radius 1 is 1.16 bits per heavy atom. The van der Waals surface area contributed by atoms with Gasteiger partial charge in [0.05, 0.1) is 0 Å². The topological polar surface area (TPSA) is 86.7 Å². The first-order chi connectivity index (χ1) is 8.80. The number of carbonyl (C=O) groups excluding carboxylic acids is 2. The molecule has 0 aromatic heterocycles. The lowest BCUT2D eigenvalue weighted by Gasteiger charge is -2.23. The summed E-state index contributed by atoms with van der Waals surface area (Å²) in [6.07, 6.45) is 4.37. The number of urea groups is 1. The lowest BCUT2D eigenvalue weighted by molar-refractivity contribution is -0.131. The van der Waals surface area contributed by atoms with Crippen LogP contribution in [-0.4, -0.2) is 41.0 Å². The molecule has 0 radical (unpaired) electrons. The van der Waals surface area contributed by atoms with Gasteiger partial charge in [-0.25, -0.2) is 9.59 Å². The number of rotatable bonds is 2. The van der Waals surface area contributed by atoms with Gasteiger partial charge in [-0.3, -0.25) is 10.1 Å². The summed E-state index contributed by atoms with van der Waals surface area (Å²) in [5.74, 6) is -1.94. The van der Waals surface area contributed by atoms with E-state index in [1.54, 1.807) is 4.90 Å². The third kappa shape index (κ3) is 5.54. The maximum absolute atomic E-state index is 11.8. The fourth-order valence-electron chi connectivity index (χ4n) is 2.00. The van der Waals surface area contributed by atoms with Crippen molar-refractivity contribution in [2.75, 3.05) is 13.1 Å². The summed E-state index contributed by atoms with van der Waals surface area (Å²) in [5, 5.41) is 10.5. The van der Waals surface area contributed by atoms with E-state index in [1.807, 2.05) is 0 Å². The Labute approximate surface area is 112 Å². The van der Waals surface area contributed by atoms with Gasteiger partial charge in [0.1, 0.15) is 0 Å². The zero-order chi connectivity index (χ0) is 14.5. The molecule has 2 N–H and O–H groups in total. The van der Waals surface area contributed by atoms with Crippen LogP contribution in [0.25, 0.3) is 0 Å². The molecule has 1 aliphatic heterocycles. The quantitative estimate of drug-likeness (QED) is 0.741. The molecule has 106 valence electrons. The summed E-state index contributed by atoms with van der Waals surface area (Å²) in [5.41, 5.74) is 0.211. The van der Waals surface area contributed by atoms with Gasteiger partial charge in [-0.2, -0.15) is 0 Å². The van der Waals surface area contributed by atoms with Crippen molar-refractivity contribution in [2.24, 2.45) is 5.41 Å². The second-order valence-electron chi connectivity index (χ2n) is 5.47. The molecule has 0 aliphatic carbocycles. The molecule has 0 aromatic rings. The molecule has 1 aliphatic rings. The zero-order valence-electron chi connectivity index (χ0n) is 11.3. The fourth-order valence-corrected chi connectivity index (χ4v) is 2.00. The molecular weight excluding hydrogens is 248 g/mol. The SMILES string of the molecule is CC1(C)CCCN(C(=O)NC(=O)C=CC(=O)O)CC1. The van der Waals surface area contributed by atoms with Crippen molar-refractivity contribution in [1.29, 1.82) is 0 Å². The number of hydrogen-bond acceptors (Lipinski definition) is 3. The molecule has 0 spiro atoms. The van der Waals surface area contributed by atoms with E-state index in [-0.39, 0.29) is 5.41 Å². The Morgan fingerprint density at radius 2 is 1.84 bits per heavy atom. The molecule has 1 saturated heterocycles. The third-order valence-corrected chi connectivity index (χ3v) is 3.23. The van der Waals surface area contributed by atoms with E-state index in [9.17, 15) is 14.4 Å². The number of hydrogen-bond donors (Lipinski definition) is 2. The minimum Gasteiger partial charge on any atom is -0.478 e. The normalized spacial score (nSPS) is 18.9. The average molecular weight is 268 g/mol. The first kappa shape index (κ1) is 15.2. The minimum absolute atomic E-state index is 0.211. The number of imide groups is 1. The second kappa shape index (κ2) is 6.36. The van der Waals surface area contributed by atoms with Crippen LogP contribution in [0.5, 0.6) is 0 Å². The standard InChI is InChI=1S/C13H20N2O4/c1-13(2)6-3-8-15(9-7-13)12(19)14-10(16)4-5-11(17)18/h4-5H,3,6-9H2,1-2H3,(H,17,18)(H,14,16,19). The Morgan fingerprint density at radius 3 is 2.47 bits per heavy atom. The van der Waals surface area contributed by atoms with Crippen LogP contribution in [0, 0.1) is 5.41 Å². The highest BCUT2D eigenvalue weighted by molar-refractivity contribution is 6.02. The van der Waals surface area contributed by atoms with Gasteiger partial charge in [0.15, 0.2) is 0 Å². The Kier molecular flexibility index (Phi) is 5.09. The maximum atomic E-state index is 11.8. The largest absolute Gasteiger partial charge is 0.478 e. The van der Waals surface area contributed by atoms with Gasteiger partial charge >= 0.3 is 12.0 Å². The summed E-state index contributed by atoms with van der Waals surface area (Å²) < 4.78 is 0. The van der Waals surface area contributed by atoms with Gasteiger partial charge < -0.3 is 10.0 Å². The van der Waals surface area contributed by atoms with Crippen molar-refractivity contribution in [3.8, 4) is 0 Å². The summed E-state index contributed by atoms with van der Waals surface area (Å²) in [6.45, 7) is 5.55. The number of carbonyl (C=O) groups is 3. The highest BCUT2D eigenvalue weighted by Crippen LogP contribution is 2.29. The van der Waals surface area contributed by atoms with E-state index in [1.165, 1.54) is 0 Å². The monoisotopic (exact) mass is 268 g/mol. The highest BCUT2D eigenvalue weighted by Gasteiger charge is 2.25. The molecule has 3 amide bonds. The molecule has 0 unspecified atom stereocenters. The molecule has 0 saturated carbocycles. The van der Waals surface area contributed by atoms with Crippen molar-refractivity contribution in [1.82, 2.24) is 10.2 Å². The number of nitrogens with zero attached hydrogens (tertiary/aromatic N) is 1. The third-order valence-electron chi connectivity index (χ3n) is 3.23. The fraction of sp³-hybridized carbons (Fsp3) is 0.615. The number of carboxylic acid groups (broad SMARTS) is 1. The van der Waals surface area contributed by atoms with Crippen LogP contribution in [0.1, 0.15) is 33.1 Å². The van der Waals surface area contributed by atoms with E-state index in [0.29, 0.717) is 19.2 Å². The number of carboxylic acids is 1. The van der Waals surface area contributed by atoms with Crippen LogP contribution in [0.2, 0.25) is 0 Å². The van der Waals surface area contributed by atoms with Gasteiger partial charge in [0.2, 0.25) is 0 Å². The predicted molar refractivity (Wildman–Crippen MR) is 69.5 cm³/mol. The summed E-state index contributed by atoms with van der Waals surface area (Å²) in [7, 11) is 0. The second-order valence-corrected chi connectivity index (χ2v) is 5.47. The zero-order valence-corrected chi connectivity index (χ0v) is 11.3. The van der Waals surface area contributed by atoms with Gasteiger partial charge in [-0.05, 0) is 24.7 Å². The van der Waals surface area contributed by atoms with Crippen molar-refractivity contribution in [3.05, 3.63) is 12.2 Å². The van der Waals surface area contributed by atoms with Crippen LogP contribution in [0.4, 0.5) is 4.79 Å². The molecule has 0 aromatic carbocycles. The van der Waals surface area contributed by atoms with Crippen molar-refractivity contribution < 1.29 is 19.5 Å². The Hall–Kier alpha value is -1.85. The van der Waals surface area contributed by atoms with Crippen molar-refractivity contribution >= 4 is 17.9 Å². The van der Waals surface area contributed by atoms with Crippen LogP contribution in [0.3, 0.4) is 0 Å². The van der Waals surface area contributed by atoms with Gasteiger partial charge in [-0.1, -0.05) is 13.8 Å². The van der Waals surface area contributed by atoms with E-state index in [4.69, 9.17) is 5.11 Å². The van der Waals surface area contributed by atoms with E-state index >= 15 is 0 Å². The molecule has 0 bridgehead atoms. The Bertz CT molecular complexity index is 401. The Balaban J connectivity index is 2.49.